The van der Waals surface area contributed by atoms with E-state index in [2.05, 4.69) is 22.3 Å². The van der Waals surface area contributed by atoms with Crippen molar-refractivity contribution in [2.45, 2.75) is 57.6 Å². The van der Waals surface area contributed by atoms with E-state index in [1.54, 1.807) is 7.11 Å². The molecule has 0 spiro atoms. The van der Waals surface area contributed by atoms with Gasteiger partial charge in [0, 0.05) is 30.6 Å². The lowest BCUT2D eigenvalue weighted by molar-refractivity contribution is 0.285. The Kier molecular flexibility index (Phi) is 6.28. The summed E-state index contributed by atoms with van der Waals surface area (Å²) in [7, 11) is 1.68. The Labute approximate surface area is 190 Å². The first kappa shape index (κ1) is 20.9. The summed E-state index contributed by atoms with van der Waals surface area (Å²) in [6, 6.07) is 14.7. The number of hydrogen-bond donors (Lipinski definition) is 1. The highest BCUT2D eigenvalue weighted by molar-refractivity contribution is 5.93. The maximum absolute atomic E-state index is 6.16. The quantitative estimate of drug-likeness (QED) is 0.527. The molecular formula is C26H32N4O2. The number of methoxy groups -OCH3 is 1. The van der Waals surface area contributed by atoms with Crippen LogP contribution in [-0.4, -0.2) is 36.2 Å². The van der Waals surface area contributed by atoms with Crippen molar-refractivity contribution in [1.29, 1.82) is 0 Å². The van der Waals surface area contributed by atoms with Crippen molar-refractivity contribution >= 4 is 22.7 Å². The van der Waals surface area contributed by atoms with Crippen LogP contribution in [0, 0.1) is 0 Å². The van der Waals surface area contributed by atoms with E-state index >= 15 is 0 Å². The van der Waals surface area contributed by atoms with Gasteiger partial charge in [-0.1, -0.05) is 49.6 Å². The molecule has 1 aliphatic heterocycles. The number of nitrogens with zero attached hydrogens (tertiary/aromatic N) is 3. The van der Waals surface area contributed by atoms with Crippen LogP contribution in [-0.2, 0) is 6.61 Å². The molecule has 1 saturated carbocycles. The van der Waals surface area contributed by atoms with E-state index in [9.17, 15) is 0 Å². The molecular weight excluding hydrogens is 400 g/mol. The average molecular weight is 433 g/mol. The van der Waals surface area contributed by atoms with E-state index in [1.807, 2.05) is 30.3 Å². The summed E-state index contributed by atoms with van der Waals surface area (Å²) < 4.78 is 11.9. The van der Waals surface area contributed by atoms with Crippen LogP contribution in [0.5, 0.6) is 11.5 Å². The monoisotopic (exact) mass is 432 g/mol. The van der Waals surface area contributed by atoms with Gasteiger partial charge in [0.05, 0.1) is 12.6 Å². The minimum Gasteiger partial charge on any atom is -0.493 e. The Hall–Kier alpha value is -3.02. The first-order valence-corrected chi connectivity index (χ1v) is 11.9. The second kappa shape index (κ2) is 9.63. The highest BCUT2D eigenvalue weighted by Crippen LogP contribution is 2.37. The molecule has 0 atom stereocenters. The second-order valence-corrected chi connectivity index (χ2v) is 8.84. The third kappa shape index (κ3) is 4.59. The Morgan fingerprint density at radius 2 is 1.72 bits per heavy atom. The molecule has 0 radical (unpaired) electrons. The molecule has 0 bridgehead atoms. The SMILES string of the molecule is COc1cc2c(NC3CCCCC3)nc(N3CCCC3)nc2cc1OCc1ccccc1. The second-order valence-electron chi connectivity index (χ2n) is 8.84. The number of benzene rings is 2. The molecule has 6 nitrogen and oxygen atoms in total. The van der Waals surface area contributed by atoms with Gasteiger partial charge in [0.1, 0.15) is 12.4 Å². The zero-order valence-electron chi connectivity index (χ0n) is 18.8. The van der Waals surface area contributed by atoms with Crippen LogP contribution in [0.25, 0.3) is 10.9 Å². The number of hydrogen-bond acceptors (Lipinski definition) is 6. The van der Waals surface area contributed by atoms with Crippen LogP contribution in [0.2, 0.25) is 0 Å². The molecule has 3 aromatic rings. The van der Waals surface area contributed by atoms with Crippen molar-refractivity contribution in [2.75, 3.05) is 30.4 Å². The van der Waals surface area contributed by atoms with Crippen molar-refractivity contribution in [3.8, 4) is 11.5 Å². The van der Waals surface area contributed by atoms with Crippen molar-refractivity contribution < 1.29 is 9.47 Å². The third-order valence-electron chi connectivity index (χ3n) is 6.54. The Morgan fingerprint density at radius 3 is 2.47 bits per heavy atom. The first-order chi connectivity index (χ1) is 15.8. The molecule has 1 aliphatic carbocycles. The third-order valence-corrected chi connectivity index (χ3v) is 6.54. The molecule has 2 aliphatic rings. The maximum atomic E-state index is 6.16. The molecule has 2 aromatic carbocycles. The van der Waals surface area contributed by atoms with Crippen molar-refractivity contribution in [1.82, 2.24) is 9.97 Å². The van der Waals surface area contributed by atoms with Crippen molar-refractivity contribution in [3.63, 3.8) is 0 Å². The van der Waals surface area contributed by atoms with E-state index in [1.165, 1.54) is 44.9 Å². The zero-order chi connectivity index (χ0) is 21.8. The lowest BCUT2D eigenvalue weighted by atomic mass is 9.95. The summed E-state index contributed by atoms with van der Waals surface area (Å²) in [5, 5.41) is 4.73. The summed E-state index contributed by atoms with van der Waals surface area (Å²) in [5.74, 6) is 3.14. The molecule has 6 heteroatoms. The van der Waals surface area contributed by atoms with Crippen LogP contribution >= 0.6 is 0 Å². The van der Waals surface area contributed by atoms with Gasteiger partial charge in [-0.15, -0.1) is 0 Å². The summed E-state index contributed by atoms with van der Waals surface area (Å²) in [5.41, 5.74) is 2.01. The van der Waals surface area contributed by atoms with Gasteiger partial charge in [0.25, 0.3) is 0 Å². The minimum absolute atomic E-state index is 0.466. The Balaban J connectivity index is 1.51. The fourth-order valence-corrected chi connectivity index (χ4v) is 4.74. The molecule has 2 heterocycles. The van der Waals surface area contributed by atoms with E-state index in [0.29, 0.717) is 24.1 Å². The lowest BCUT2D eigenvalue weighted by Crippen LogP contribution is -2.25. The standard InChI is InChI=1S/C26H32N4O2/c1-31-23-16-21-22(17-24(23)32-18-19-10-4-2-5-11-19)28-26(30-14-8-9-15-30)29-25(21)27-20-12-6-3-7-13-20/h2,4-5,10-11,16-17,20H,3,6-9,12-15,18H2,1H3,(H,27,28,29). The van der Waals surface area contributed by atoms with Crippen LogP contribution in [0.15, 0.2) is 42.5 Å². The summed E-state index contributed by atoms with van der Waals surface area (Å²) in [6.07, 6.45) is 8.67. The normalized spacial score (nSPS) is 17.0. The van der Waals surface area contributed by atoms with Crippen LogP contribution in [0.1, 0.15) is 50.5 Å². The highest BCUT2D eigenvalue weighted by atomic mass is 16.5. The number of ether oxygens (including phenoxy) is 2. The van der Waals surface area contributed by atoms with Crippen molar-refractivity contribution in [3.05, 3.63) is 48.0 Å². The van der Waals surface area contributed by atoms with Crippen LogP contribution < -0.4 is 19.7 Å². The molecule has 5 rings (SSSR count). The van der Waals surface area contributed by atoms with Crippen molar-refractivity contribution in [2.24, 2.45) is 0 Å². The number of aromatic nitrogens is 2. The van der Waals surface area contributed by atoms with Gasteiger partial charge in [-0.05, 0) is 37.3 Å². The fraction of sp³-hybridized carbons (Fsp3) is 0.462. The predicted molar refractivity (Wildman–Crippen MR) is 129 cm³/mol. The average Bonchev–Trinajstić information content (AvgIpc) is 3.38. The molecule has 168 valence electrons. The lowest BCUT2D eigenvalue weighted by Gasteiger charge is -2.25. The van der Waals surface area contributed by atoms with Gasteiger partial charge in [-0.2, -0.15) is 4.98 Å². The van der Waals surface area contributed by atoms with Gasteiger partial charge in [-0.3, -0.25) is 0 Å². The molecule has 1 N–H and O–H groups in total. The number of fused-ring (bicyclic) bond motifs is 1. The molecule has 1 saturated heterocycles. The van der Waals surface area contributed by atoms with E-state index in [-0.39, 0.29) is 0 Å². The Bertz CT molecular complexity index is 1040. The Morgan fingerprint density at radius 1 is 0.938 bits per heavy atom. The van der Waals surface area contributed by atoms with Gasteiger partial charge in [-0.25, -0.2) is 4.98 Å². The van der Waals surface area contributed by atoms with E-state index < -0.39 is 0 Å². The topological polar surface area (TPSA) is 59.5 Å². The van der Waals surface area contributed by atoms with Gasteiger partial charge in [0.2, 0.25) is 5.95 Å². The summed E-state index contributed by atoms with van der Waals surface area (Å²) in [4.78, 5) is 12.2. The highest BCUT2D eigenvalue weighted by Gasteiger charge is 2.21. The zero-order valence-corrected chi connectivity index (χ0v) is 18.8. The van der Waals surface area contributed by atoms with Gasteiger partial charge >= 0.3 is 0 Å². The smallest absolute Gasteiger partial charge is 0.227 e. The largest absolute Gasteiger partial charge is 0.493 e. The molecule has 2 fully saturated rings. The number of anilines is 2. The minimum atomic E-state index is 0.466. The van der Waals surface area contributed by atoms with Gasteiger partial charge in [0.15, 0.2) is 11.5 Å². The van der Waals surface area contributed by atoms with E-state index in [4.69, 9.17) is 19.4 Å². The molecule has 32 heavy (non-hydrogen) atoms. The number of rotatable bonds is 7. The van der Waals surface area contributed by atoms with E-state index in [0.717, 1.165) is 41.3 Å². The van der Waals surface area contributed by atoms with Gasteiger partial charge < -0.3 is 19.7 Å². The fourth-order valence-electron chi connectivity index (χ4n) is 4.74. The summed E-state index contributed by atoms with van der Waals surface area (Å²) >= 11 is 0. The molecule has 0 unspecified atom stereocenters. The molecule has 0 amide bonds. The molecule has 1 aromatic heterocycles. The maximum Gasteiger partial charge on any atom is 0.227 e. The number of nitrogens with one attached hydrogen (secondary N) is 1. The first-order valence-electron chi connectivity index (χ1n) is 11.9. The van der Waals surface area contributed by atoms with Crippen LogP contribution in [0.4, 0.5) is 11.8 Å². The summed E-state index contributed by atoms with van der Waals surface area (Å²) in [6.45, 7) is 2.52. The van der Waals surface area contributed by atoms with Crippen LogP contribution in [0.3, 0.4) is 0 Å². The predicted octanol–water partition coefficient (Wildman–Crippen LogP) is 5.56.